The van der Waals surface area contributed by atoms with Crippen molar-refractivity contribution in [3.8, 4) is 5.75 Å². The number of carboxylic acids is 1. The molecule has 2 rings (SSSR count). The number of rotatable bonds is 4. The van der Waals surface area contributed by atoms with E-state index in [9.17, 15) is 9.90 Å². The molecule has 0 saturated heterocycles. The molecule has 0 aliphatic rings. The summed E-state index contributed by atoms with van der Waals surface area (Å²) in [7, 11) is 0. The van der Waals surface area contributed by atoms with Crippen LogP contribution in [0.4, 0.5) is 0 Å². The van der Waals surface area contributed by atoms with Crippen LogP contribution in [0.1, 0.15) is 16.2 Å². The molecule has 1 aromatic carbocycles. The summed E-state index contributed by atoms with van der Waals surface area (Å²) in [5, 5.41) is 21.3. The fourth-order valence-corrected chi connectivity index (χ4v) is 2.03. The minimum absolute atomic E-state index is 0.100. The highest BCUT2D eigenvalue weighted by Crippen LogP contribution is 2.25. The minimum Gasteiger partial charge on any atom is -0.508 e. The summed E-state index contributed by atoms with van der Waals surface area (Å²) in [5.74, 6) is 0.0286. The van der Waals surface area contributed by atoms with Gasteiger partial charge in [-0.25, -0.2) is 4.79 Å². The molecule has 0 amide bonds. The number of benzene rings is 1. The minimum atomic E-state index is -1.11. The molecule has 2 aromatic rings. The first kappa shape index (κ1) is 11.5. The number of carboxylic acid groups (broad SMARTS) is 1. The number of nitrogens with zero attached hydrogens (tertiary/aromatic N) is 1. The second kappa shape index (κ2) is 4.92. The fraction of sp³-hybridized carbons (Fsp3) is 0.0909. The summed E-state index contributed by atoms with van der Waals surface area (Å²) in [6.07, 6.45) is 0. The number of hydrogen-bond acceptors (Lipinski definition) is 5. The molecule has 0 aliphatic heterocycles. The van der Waals surface area contributed by atoms with E-state index in [2.05, 4.69) is 5.16 Å². The summed E-state index contributed by atoms with van der Waals surface area (Å²) < 4.78 is 4.86. The third-order valence-electron chi connectivity index (χ3n) is 1.98. The van der Waals surface area contributed by atoms with Crippen LogP contribution in [-0.4, -0.2) is 21.3 Å². The molecule has 0 unspecified atom stereocenters. The molecule has 1 heterocycles. The van der Waals surface area contributed by atoms with Gasteiger partial charge in [-0.1, -0.05) is 11.2 Å². The van der Waals surface area contributed by atoms with Gasteiger partial charge in [0, 0.05) is 11.0 Å². The second-order valence-electron chi connectivity index (χ2n) is 3.27. The Balaban J connectivity index is 2.00. The number of hydrogen-bond donors (Lipinski definition) is 2. The van der Waals surface area contributed by atoms with Crippen LogP contribution in [0.25, 0.3) is 0 Å². The largest absolute Gasteiger partial charge is 0.508 e. The Kier molecular flexibility index (Phi) is 3.34. The Hall–Kier alpha value is -1.95. The van der Waals surface area contributed by atoms with Gasteiger partial charge in [-0.2, -0.15) is 0 Å². The van der Waals surface area contributed by atoms with E-state index in [0.717, 1.165) is 4.90 Å². The topological polar surface area (TPSA) is 83.6 Å². The van der Waals surface area contributed by atoms with Crippen molar-refractivity contribution < 1.29 is 19.5 Å². The number of aromatic nitrogens is 1. The van der Waals surface area contributed by atoms with Gasteiger partial charge in [-0.15, -0.1) is 11.8 Å². The lowest BCUT2D eigenvalue weighted by molar-refractivity contribution is 0.0685. The van der Waals surface area contributed by atoms with Crippen LogP contribution >= 0.6 is 11.8 Å². The van der Waals surface area contributed by atoms with E-state index < -0.39 is 5.97 Å². The molecule has 0 atom stereocenters. The lowest BCUT2D eigenvalue weighted by Gasteiger charge is -1.98. The molecule has 5 nitrogen and oxygen atoms in total. The van der Waals surface area contributed by atoms with E-state index in [1.54, 1.807) is 18.2 Å². The predicted octanol–water partition coefficient (Wildman–Crippen LogP) is 2.37. The maximum atomic E-state index is 10.6. The van der Waals surface area contributed by atoms with E-state index in [-0.39, 0.29) is 11.4 Å². The first-order valence-electron chi connectivity index (χ1n) is 4.76. The molecule has 0 aliphatic carbocycles. The van der Waals surface area contributed by atoms with Crippen molar-refractivity contribution in [3.63, 3.8) is 0 Å². The van der Waals surface area contributed by atoms with Crippen molar-refractivity contribution >= 4 is 17.7 Å². The normalized spacial score (nSPS) is 10.4. The van der Waals surface area contributed by atoms with Crippen molar-refractivity contribution in [1.82, 2.24) is 5.16 Å². The molecule has 6 heteroatoms. The Bertz CT molecular complexity index is 538. The van der Waals surface area contributed by atoms with Gasteiger partial charge < -0.3 is 14.7 Å². The van der Waals surface area contributed by atoms with Crippen LogP contribution in [-0.2, 0) is 5.75 Å². The summed E-state index contributed by atoms with van der Waals surface area (Å²) in [6, 6.07) is 8.18. The average molecular weight is 251 g/mol. The zero-order valence-electron chi connectivity index (χ0n) is 8.66. The van der Waals surface area contributed by atoms with Crippen molar-refractivity contribution in [2.45, 2.75) is 10.6 Å². The number of aromatic hydroxyl groups is 1. The summed E-state index contributed by atoms with van der Waals surface area (Å²) in [6.45, 7) is 0. The Morgan fingerprint density at radius 3 is 2.88 bits per heavy atom. The smallest absolute Gasteiger partial charge is 0.358 e. The van der Waals surface area contributed by atoms with E-state index in [0.29, 0.717) is 11.5 Å². The molecule has 88 valence electrons. The standard InChI is InChI=1S/C11H9NO4S/c13-7-2-1-3-9(4-7)17-6-8-5-10(11(14)15)12-16-8/h1-5,13H,6H2,(H,14,15). The Morgan fingerprint density at radius 2 is 2.24 bits per heavy atom. The highest BCUT2D eigenvalue weighted by Gasteiger charge is 2.10. The summed E-state index contributed by atoms with van der Waals surface area (Å²) >= 11 is 1.43. The SMILES string of the molecule is O=C(O)c1cc(CSc2cccc(O)c2)on1. The van der Waals surface area contributed by atoms with Crippen LogP contribution in [0, 0.1) is 0 Å². The monoisotopic (exact) mass is 251 g/mol. The van der Waals surface area contributed by atoms with Gasteiger partial charge in [0.05, 0.1) is 5.75 Å². The number of aromatic carboxylic acids is 1. The van der Waals surface area contributed by atoms with Gasteiger partial charge in [-0.3, -0.25) is 0 Å². The van der Waals surface area contributed by atoms with E-state index >= 15 is 0 Å². The molecular weight excluding hydrogens is 242 g/mol. The van der Waals surface area contributed by atoms with E-state index in [1.807, 2.05) is 6.07 Å². The van der Waals surface area contributed by atoms with Crippen LogP contribution in [0.15, 0.2) is 39.8 Å². The molecule has 0 fully saturated rings. The van der Waals surface area contributed by atoms with Gasteiger partial charge in [-0.05, 0) is 18.2 Å². The number of thioether (sulfide) groups is 1. The lowest BCUT2D eigenvalue weighted by Crippen LogP contribution is -1.94. The maximum absolute atomic E-state index is 10.6. The number of phenolic OH excluding ortho intramolecular Hbond substituents is 1. The van der Waals surface area contributed by atoms with Gasteiger partial charge in [0.1, 0.15) is 11.5 Å². The molecule has 0 saturated carbocycles. The van der Waals surface area contributed by atoms with Crippen molar-refractivity contribution in [2.75, 3.05) is 0 Å². The summed E-state index contributed by atoms with van der Waals surface area (Å²) in [4.78, 5) is 11.4. The molecule has 0 spiro atoms. The van der Waals surface area contributed by atoms with Crippen LogP contribution in [0.3, 0.4) is 0 Å². The first-order chi connectivity index (χ1) is 8.15. The molecule has 0 radical (unpaired) electrons. The average Bonchev–Trinajstić information content (AvgIpc) is 2.75. The zero-order valence-corrected chi connectivity index (χ0v) is 9.48. The second-order valence-corrected chi connectivity index (χ2v) is 4.32. The van der Waals surface area contributed by atoms with Gasteiger partial charge in [0.15, 0.2) is 5.69 Å². The number of phenols is 1. The van der Waals surface area contributed by atoms with Gasteiger partial charge in [0.2, 0.25) is 0 Å². The Morgan fingerprint density at radius 1 is 1.41 bits per heavy atom. The summed E-state index contributed by atoms with van der Waals surface area (Å²) in [5.41, 5.74) is -0.100. The third-order valence-corrected chi connectivity index (χ3v) is 2.99. The van der Waals surface area contributed by atoms with Crippen LogP contribution in [0.5, 0.6) is 5.75 Å². The first-order valence-corrected chi connectivity index (χ1v) is 5.74. The molecular formula is C11H9NO4S. The third kappa shape index (κ3) is 3.01. The van der Waals surface area contributed by atoms with Crippen LogP contribution in [0.2, 0.25) is 0 Å². The van der Waals surface area contributed by atoms with Crippen LogP contribution < -0.4 is 0 Å². The van der Waals surface area contributed by atoms with E-state index in [1.165, 1.54) is 17.8 Å². The maximum Gasteiger partial charge on any atom is 0.358 e. The van der Waals surface area contributed by atoms with Crippen molar-refractivity contribution in [2.24, 2.45) is 0 Å². The van der Waals surface area contributed by atoms with Gasteiger partial charge in [0.25, 0.3) is 0 Å². The highest BCUT2D eigenvalue weighted by atomic mass is 32.2. The predicted molar refractivity (Wildman–Crippen MR) is 61.1 cm³/mol. The molecule has 17 heavy (non-hydrogen) atoms. The lowest BCUT2D eigenvalue weighted by atomic mass is 10.3. The molecule has 2 N–H and O–H groups in total. The van der Waals surface area contributed by atoms with Crippen molar-refractivity contribution in [1.29, 1.82) is 0 Å². The molecule has 0 bridgehead atoms. The zero-order chi connectivity index (χ0) is 12.3. The molecule has 1 aromatic heterocycles. The van der Waals surface area contributed by atoms with Gasteiger partial charge >= 0.3 is 5.97 Å². The Labute approximate surface area is 101 Å². The number of carbonyl (C=O) groups is 1. The van der Waals surface area contributed by atoms with Crippen molar-refractivity contribution in [3.05, 3.63) is 41.8 Å². The quantitative estimate of drug-likeness (QED) is 0.811. The fourth-order valence-electron chi connectivity index (χ4n) is 1.21. The van der Waals surface area contributed by atoms with E-state index in [4.69, 9.17) is 9.63 Å². The highest BCUT2D eigenvalue weighted by molar-refractivity contribution is 7.98.